The first-order valence-electron chi connectivity index (χ1n) is 4.46. The minimum atomic E-state index is -4.86. The molecule has 0 fully saturated rings. The van der Waals surface area contributed by atoms with Crippen molar-refractivity contribution in [3.63, 3.8) is 0 Å². The van der Waals surface area contributed by atoms with E-state index in [9.17, 15) is 21.9 Å². The highest BCUT2D eigenvalue weighted by atomic mass is 32.2. The topological polar surface area (TPSA) is 82.0 Å². The fourth-order valence-electron chi connectivity index (χ4n) is 1.10. The molecule has 1 unspecified atom stereocenters. The van der Waals surface area contributed by atoms with Crippen LogP contribution in [0.1, 0.15) is 11.1 Å². The molecular formula is C9H7F3NO4S-. The summed E-state index contributed by atoms with van der Waals surface area (Å²) in [7, 11) is 0. The maximum Gasteiger partial charge on any atom is 0.437 e. The largest absolute Gasteiger partial charge is 0.738 e. The third-order valence-electron chi connectivity index (χ3n) is 1.87. The molecule has 100 valence electrons. The third kappa shape index (κ3) is 4.09. The summed E-state index contributed by atoms with van der Waals surface area (Å²) in [5, 5.41) is 11.3. The van der Waals surface area contributed by atoms with Crippen molar-refractivity contribution in [1.29, 1.82) is 0 Å². The van der Waals surface area contributed by atoms with Crippen molar-refractivity contribution >= 4 is 17.1 Å². The molecular weight excluding hydrogens is 275 g/mol. The van der Waals surface area contributed by atoms with Crippen molar-refractivity contribution in [1.82, 2.24) is 0 Å². The molecule has 0 spiro atoms. The lowest BCUT2D eigenvalue weighted by Crippen LogP contribution is -2.24. The summed E-state index contributed by atoms with van der Waals surface area (Å²) < 4.78 is 61.4. The number of benzene rings is 1. The van der Waals surface area contributed by atoms with Crippen LogP contribution >= 0.6 is 0 Å². The van der Waals surface area contributed by atoms with Crippen LogP contribution in [0, 0.1) is 0 Å². The molecule has 1 aromatic carbocycles. The van der Waals surface area contributed by atoms with Crippen LogP contribution in [0.15, 0.2) is 29.4 Å². The first kappa shape index (κ1) is 14.6. The summed E-state index contributed by atoms with van der Waals surface area (Å²) in [6, 6.07) is 4.61. The fourth-order valence-corrected chi connectivity index (χ4v) is 1.24. The van der Waals surface area contributed by atoms with Crippen molar-refractivity contribution in [3.05, 3.63) is 35.4 Å². The lowest BCUT2D eigenvalue weighted by molar-refractivity contribution is -0.0597. The van der Waals surface area contributed by atoms with E-state index < -0.39 is 23.2 Å². The Kier molecular flexibility index (Phi) is 4.82. The zero-order valence-corrected chi connectivity index (χ0v) is 9.49. The molecule has 1 rings (SSSR count). The van der Waals surface area contributed by atoms with E-state index in [1.54, 1.807) is 0 Å². The quantitative estimate of drug-likeness (QED) is 0.512. The second-order valence-corrected chi connectivity index (χ2v) is 3.63. The Balaban J connectivity index is 3.09. The van der Waals surface area contributed by atoms with E-state index in [2.05, 4.69) is 9.44 Å². The predicted octanol–water partition coefficient (Wildman–Crippen LogP) is 1.26. The minimum Gasteiger partial charge on any atom is -0.738 e. The second kappa shape index (κ2) is 5.94. The SMILES string of the molecule is O=S([O-])ON=C(c1ccc(CO)cc1)C(F)(F)F. The molecule has 0 aliphatic rings. The standard InChI is InChI=1S/C9H8F3NO4S/c10-9(11,12)8(13-17-18(15)16)7-3-1-6(5-14)2-4-7/h1-4,14H,5H2,(H,15,16)/p-1. The van der Waals surface area contributed by atoms with E-state index in [0.717, 1.165) is 12.1 Å². The maximum absolute atomic E-state index is 12.6. The number of hydrogen-bond acceptors (Lipinski definition) is 5. The van der Waals surface area contributed by atoms with Crippen LogP contribution in [0.4, 0.5) is 13.2 Å². The zero-order chi connectivity index (χ0) is 13.8. The van der Waals surface area contributed by atoms with Gasteiger partial charge in [0.15, 0.2) is 17.1 Å². The molecule has 1 N–H and O–H groups in total. The summed E-state index contributed by atoms with van der Waals surface area (Å²) >= 11 is -3.18. The van der Waals surface area contributed by atoms with Crippen molar-refractivity contribution < 1.29 is 31.3 Å². The van der Waals surface area contributed by atoms with Crippen molar-refractivity contribution in [3.8, 4) is 0 Å². The van der Waals surface area contributed by atoms with E-state index in [0.29, 0.717) is 5.56 Å². The molecule has 0 bridgehead atoms. The van der Waals surface area contributed by atoms with Gasteiger partial charge in [-0.1, -0.05) is 29.4 Å². The van der Waals surface area contributed by atoms with Gasteiger partial charge in [-0.15, -0.1) is 0 Å². The number of rotatable bonds is 4. The molecule has 5 nitrogen and oxygen atoms in total. The molecule has 0 aliphatic heterocycles. The Morgan fingerprint density at radius 1 is 1.39 bits per heavy atom. The molecule has 0 aromatic heterocycles. The van der Waals surface area contributed by atoms with Crippen LogP contribution in [0.2, 0.25) is 0 Å². The zero-order valence-electron chi connectivity index (χ0n) is 8.68. The summed E-state index contributed by atoms with van der Waals surface area (Å²) in [4.78, 5) is 0. The second-order valence-electron chi connectivity index (χ2n) is 3.07. The van der Waals surface area contributed by atoms with E-state index >= 15 is 0 Å². The van der Waals surface area contributed by atoms with Gasteiger partial charge >= 0.3 is 6.18 Å². The van der Waals surface area contributed by atoms with E-state index in [1.807, 2.05) is 0 Å². The molecule has 0 radical (unpaired) electrons. The van der Waals surface area contributed by atoms with Gasteiger partial charge in [-0.3, -0.25) is 0 Å². The summed E-state index contributed by atoms with van der Waals surface area (Å²) in [5.41, 5.74) is -1.44. The third-order valence-corrected chi connectivity index (χ3v) is 2.06. The minimum absolute atomic E-state index is 0.320. The van der Waals surface area contributed by atoms with Gasteiger partial charge in [-0.25, -0.2) is 4.21 Å². The first-order chi connectivity index (χ1) is 8.34. The highest BCUT2D eigenvalue weighted by Gasteiger charge is 2.38. The van der Waals surface area contributed by atoms with Gasteiger partial charge in [0.2, 0.25) is 0 Å². The van der Waals surface area contributed by atoms with Crippen LogP contribution in [0.5, 0.6) is 0 Å². The first-order valence-corrected chi connectivity index (χ1v) is 5.46. The average Bonchev–Trinajstić information content (AvgIpc) is 2.28. The summed E-state index contributed by atoms with van der Waals surface area (Å²) in [6.07, 6.45) is -4.86. The van der Waals surface area contributed by atoms with E-state index in [1.165, 1.54) is 12.1 Å². The molecule has 18 heavy (non-hydrogen) atoms. The number of aliphatic hydroxyl groups is 1. The molecule has 0 saturated carbocycles. The van der Waals surface area contributed by atoms with Crippen LogP contribution in [-0.2, 0) is 22.3 Å². The lowest BCUT2D eigenvalue weighted by Gasteiger charge is -2.11. The fraction of sp³-hybridized carbons (Fsp3) is 0.222. The van der Waals surface area contributed by atoms with Crippen LogP contribution < -0.4 is 0 Å². The highest BCUT2D eigenvalue weighted by molar-refractivity contribution is 7.74. The van der Waals surface area contributed by atoms with Crippen LogP contribution in [0.3, 0.4) is 0 Å². The monoisotopic (exact) mass is 282 g/mol. The summed E-state index contributed by atoms with van der Waals surface area (Å²) in [6.45, 7) is -0.320. The Morgan fingerprint density at radius 2 is 1.94 bits per heavy atom. The Hall–Kier alpha value is -1.45. The van der Waals surface area contributed by atoms with Crippen LogP contribution in [0.25, 0.3) is 0 Å². The van der Waals surface area contributed by atoms with Gasteiger partial charge in [0, 0.05) is 5.56 Å². The molecule has 1 atom stereocenters. The Bertz CT molecular complexity index is 458. The maximum atomic E-state index is 12.6. The number of halogens is 3. The van der Waals surface area contributed by atoms with Gasteiger partial charge in [-0.05, 0) is 5.56 Å². The van der Waals surface area contributed by atoms with Crippen molar-refractivity contribution in [2.45, 2.75) is 12.8 Å². The number of nitrogens with zero attached hydrogens (tertiary/aromatic N) is 1. The molecule has 0 amide bonds. The molecule has 9 heteroatoms. The van der Waals surface area contributed by atoms with Gasteiger partial charge < -0.3 is 13.9 Å². The average molecular weight is 282 g/mol. The molecule has 1 aromatic rings. The number of alkyl halides is 3. The number of oxime groups is 1. The van der Waals surface area contributed by atoms with E-state index in [4.69, 9.17) is 5.11 Å². The van der Waals surface area contributed by atoms with Crippen molar-refractivity contribution in [2.75, 3.05) is 0 Å². The molecule has 0 saturated heterocycles. The van der Waals surface area contributed by atoms with Gasteiger partial charge in [0.25, 0.3) is 0 Å². The highest BCUT2D eigenvalue weighted by Crippen LogP contribution is 2.23. The molecule has 0 heterocycles. The normalized spacial score (nSPS) is 14.4. The predicted molar refractivity (Wildman–Crippen MR) is 55.0 cm³/mol. The van der Waals surface area contributed by atoms with Gasteiger partial charge in [0.1, 0.15) is 0 Å². The van der Waals surface area contributed by atoms with Gasteiger partial charge in [-0.2, -0.15) is 13.2 Å². The summed E-state index contributed by atoms with van der Waals surface area (Å²) in [5.74, 6) is 0. The smallest absolute Gasteiger partial charge is 0.437 e. The Labute approximate surface area is 102 Å². The van der Waals surface area contributed by atoms with Crippen molar-refractivity contribution in [2.24, 2.45) is 5.16 Å². The lowest BCUT2D eigenvalue weighted by atomic mass is 10.1. The number of aliphatic hydroxyl groups excluding tert-OH is 1. The Morgan fingerprint density at radius 3 is 2.33 bits per heavy atom. The van der Waals surface area contributed by atoms with Gasteiger partial charge in [0.05, 0.1) is 6.61 Å². The van der Waals surface area contributed by atoms with E-state index in [-0.39, 0.29) is 12.2 Å². The number of hydrogen-bond donors (Lipinski definition) is 1. The van der Waals surface area contributed by atoms with Crippen LogP contribution in [-0.4, -0.2) is 25.8 Å². The molecule has 0 aliphatic carbocycles.